The van der Waals surface area contributed by atoms with Crippen LogP contribution in [0.5, 0.6) is 0 Å². The first-order valence-corrected chi connectivity index (χ1v) is 5.33. The number of carboxylic acids is 1. The number of guanidine groups is 1. The number of carbonyl (C=O) groups is 1. The highest BCUT2D eigenvalue weighted by molar-refractivity contribution is 5.75. The Balaban J connectivity index is 4.31. The highest BCUT2D eigenvalue weighted by Gasteiger charge is 2.19. The van der Waals surface area contributed by atoms with E-state index in [0.29, 0.717) is 19.0 Å². The van der Waals surface area contributed by atoms with E-state index in [-0.39, 0.29) is 18.4 Å². The topological polar surface area (TPSA) is 105 Å². The lowest BCUT2D eigenvalue weighted by Gasteiger charge is -2.30. The normalized spacial score (nSPS) is 12.8. The molecule has 6 nitrogen and oxygen atoms in total. The van der Waals surface area contributed by atoms with Crippen molar-refractivity contribution in [3.8, 4) is 0 Å². The second kappa shape index (κ2) is 7.05. The van der Waals surface area contributed by atoms with Crippen molar-refractivity contribution in [1.82, 2.24) is 4.90 Å². The van der Waals surface area contributed by atoms with Crippen molar-refractivity contribution in [3.05, 3.63) is 0 Å². The maximum atomic E-state index is 10.7. The fourth-order valence-corrected chi connectivity index (χ4v) is 1.42. The molecule has 1 atom stereocenters. The largest absolute Gasteiger partial charge is 0.481 e. The molecule has 0 spiro atoms. The lowest BCUT2D eigenvalue weighted by atomic mass is 10.1. The number of rotatable bonds is 7. The Morgan fingerprint density at radius 1 is 1.44 bits per heavy atom. The first-order chi connectivity index (χ1) is 7.34. The summed E-state index contributed by atoms with van der Waals surface area (Å²) in [5, 5.41) is 8.81. The van der Waals surface area contributed by atoms with Gasteiger partial charge in [0, 0.05) is 18.6 Å². The van der Waals surface area contributed by atoms with Gasteiger partial charge in [-0.05, 0) is 27.3 Å². The SMILES string of the molecule is CC(C)N(C)C(CCN=C(N)N)CC(=O)O. The number of carboxylic acid groups (broad SMARTS) is 1. The zero-order valence-electron chi connectivity index (χ0n) is 10.2. The quantitative estimate of drug-likeness (QED) is 0.416. The van der Waals surface area contributed by atoms with Gasteiger partial charge in [0.05, 0.1) is 6.42 Å². The molecule has 0 aliphatic rings. The van der Waals surface area contributed by atoms with Gasteiger partial charge in [-0.3, -0.25) is 9.79 Å². The summed E-state index contributed by atoms with van der Waals surface area (Å²) in [7, 11) is 1.91. The van der Waals surface area contributed by atoms with E-state index in [1.807, 2.05) is 25.8 Å². The maximum Gasteiger partial charge on any atom is 0.304 e. The number of nitrogens with two attached hydrogens (primary N) is 2. The van der Waals surface area contributed by atoms with E-state index >= 15 is 0 Å². The van der Waals surface area contributed by atoms with Gasteiger partial charge in [0.15, 0.2) is 5.96 Å². The first-order valence-electron chi connectivity index (χ1n) is 5.33. The third kappa shape index (κ3) is 6.23. The Morgan fingerprint density at radius 2 is 2.00 bits per heavy atom. The average molecular weight is 230 g/mol. The summed E-state index contributed by atoms with van der Waals surface area (Å²) in [6, 6.07) is 0.254. The second-order valence-corrected chi connectivity index (χ2v) is 4.11. The Kier molecular flexibility index (Phi) is 6.48. The Hall–Kier alpha value is -1.30. The molecular formula is C10H22N4O2. The van der Waals surface area contributed by atoms with Crippen molar-refractivity contribution in [3.63, 3.8) is 0 Å². The van der Waals surface area contributed by atoms with Gasteiger partial charge in [0.25, 0.3) is 0 Å². The maximum absolute atomic E-state index is 10.7. The van der Waals surface area contributed by atoms with Crippen LogP contribution >= 0.6 is 0 Å². The van der Waals surface area contributed by atoms with E-state index in [2.05, 4.69) is 4.99 Å². The van der Waals surface area contributed by atoms with Crippen LogP contribution in [0.15, 0.2) is 4.99 Å². The van der Waals surface area contributed by atoms with E-state index in [9.17, 15) is 4.79 Å². The molecule has 0 saturated heterocycles. The Labute approximate surface area is 96.3 Å². The summed E-state index contributed by atoms with van der Waals surface area (Å²) in [4.78, 5) is 16.6. The molecule has 1 unspecified atom stereocenters. The molecule has 0 saturated carbocycles. The van der Waals surface area contributed by atoms with Gasteiger partial charge in [-0.2, -0.15) is 0 Å². The minimum Gasteiger partial charge on any atom is -0.481 e. The Bertz CT molecular complexity index is 249. The first kappa shape index (κ1) is 14.7. The summed E-state index contributed by atoms with van der Waals surface area (Å²) in [5.41, 5.74) is 10.4. The zero-order chi connectivity index (χ0) is 12.7. The van der Waals surface area contributed by atoms with Crippen molar-refractivity contribution in [2.24, 2.45) is 16.5 Å². The molecule has 0 aromatic heterocycles. The van der Waals surface area contributed by atoms with E-state index < -0.39 is 5.97 Å². The minimum atomic E-state index is -0.804. The number of aliphatic imine (C=N–C) groups is 1. The van der Waals surface area contributed by atoms with E-state index in [1.54, 1.807) is 0 Å². The molecule has 0 rings (SSSR count). The lowest BCUT2D eigenvalue weighted by Crippen LogP contribution is -2.39. The third-order valence-corrected chi connectivity index (χ3v) is 2.56. The summed E-state index contributed by atoms with van der Waals surface area (Å²) >= 11 is 0. The molecule has 16 heavy (non-hydrogen) atoms. The van der Waals surface area contributed by atoms with Gasteiger partial charge in [-0.25, -0.2) is 0 Å². The Morgan fingerprint density at radius 3 is 2.38 bits per heavy atom. The van der Waals surface area contributed by atoms with Crippen LogP contribution in [-0.2, 0) is 4.79 Å². The monoisotopic (exact) mass is 230 g/mol. The predicted molar refractivity (Wildman–Crippen MR) is 64.2 cm³/mol. The van der Waals surface area contributed by atoms with Crippen molar-refractivity contribution < 1.29 is 9.90 Å². The zero-order valence-corrected chi connectivity index (χ0v) is 10.2. The summed E-state index contributed by atoms with van der Waals surface area (Å²) in [6.07, 6.45) is 0.744. The van der Waals surface area contributed by atoms with E-state index in [1.165, 1.54) is 0 Å². The number of hydrogen-bond donors (Lipinski definition) is 3. The number of aliphatic carboxylic acids is 1. The molecule has 0 bridgehead atoms. The molecule has 0 aliphatic heterocycles. The fraction of sp³-hybridized carbons (Fsp3) is 0.800. The summed E-state index contributed by atoms with van der Waals surface area (Å²) in [6.45, 7) is 4.50. The average Bonchev–Trinajstić information content (AvgIpc) is 2.13. The summed E-state index contributed by atoms with van der Waals surface area (Å²) < 4.78 is 0. The molecule has 0 amide bonds. The van der Waals surface area contributed by atoms with Crippen LogP contribution in [0.25, 0.3) is 0 Å². The van der Waals surface area contributed by atoms with Crippen molar-refractivity contribution in [2.45, 2.75) is 38.8 Å². The van der Waals surface area contributed by atoms with Crippen molar-refractivity contribution in [1.29, 1.82) is 0 Å². The third-order valence-electron chi connectivity index (χ3n) is 2.56. The van der Waals surface area contributed by atoms with Gasteiger partial charge in [0.1, 0.15) is 0 Å². The molecule has 0 aromatic carbocycles. The van der Waals surface area contributed by atoms with Crippen LogP contribution in [0.2, 0.25) is 0 Å². The molecular weight excluding hydrogens is 208 g/mol. The van der Waals surface area contributed by atoms with Gasteiger partial charge in [-0.1, -0.05) is 0 Å². The van der Waals surface area contributed by atoms with Gasteiger partial charge >= 0.3 is 5.97 Å². The molecule has 0 aliphatic carbocycles. The molecule has 0 fully saturated rings. The minimum absolute atomic E-state index is 0.0411. The highest BCUT2D eigenvalue weighted by atomic mass is 16.4. The van der Waals surface area contributed by atoms with Gasteiger partial charge in [0.2, 0.25) is 0 Å². The molecule has 0 heterocycles. The van der Waals surface area contributed by atoms with Crippen LogP contribution in [-0.4, -0.2) is 47.6 Å². The number of nitrogens with zero attached hydrogens (tertiary/aromatic N) is 2. The van der Waals surface area contributed by atoms with Crippen LogP contribution in [0, 0.1) is 0 Å². The summed E-state index contributed by atoms with van der Waals surface area (Å²) in [5.74, 6) is -0.761. The molecule has 0 aromatic rings. The molecule has 6 heteroatoms. The predicted octanol–water partition coefficient (Wildman–Crippen LogP) is -0.167. The van der Waals surface area contributed by atoms with Crippen LogP contribution in [0.4, 0.5) is 0 Å². The van der Waals surface area contributed by atoms with Crippen molar-refractivity contribution in [2.75, 3.05) is 13.6 Å². The second-order valence-electron chi connectivity index (χ2n) is 4.11. The van der Waals surface area contributed by atoms with E-state index in [0.717, 1.165) is 0 Å². The lowest BCUT2D eigenvalue weighted by molar-refractivity contribution is -0.138. The molecule has 5 N–H and O–H groups in total. The van der Waals surface area contributed by atoms with Crippen LogP contribution < -0.4 is 11.5 Å². The fourth-order valence-electron chi connectivity index (χ4n) is 1.42. The van der Waals surface area contributed by atoms with Crippen molar-refractivity contribution >= 4 is 11.9 Å². The van der Waals surface area contributed by atoms with Gasteiger partial charge in [-0.15, -0.1) is 0 Å². The molecule has 0 radical (unpaired) electrons. The standard InChI is InChI=1S/C10H22N4O2/c1-7(2)14(3)8(6-9(15)16)4-5-13-10(11)12/h7-8H,4-6H2,1-3H3,(H,15,16)(H4,11,12,13). The molecule has 94 valence electrons. The highest BCUT2D eigenvalue weighted by Crippen LogP contribution is 2.10. The van der Waals surface area contributed by atoms with Crippen LogP contribution in [0.1, 0.15) is 26.7 Å². The van der Waals surface area contributed by atoms with Crippen LogP contribution in [0.3, 0.4) is 0 Å². The number of hydrogen-bond acceptors (Lipinski definition) is 3. The van der Waals surface area contributed by atoms with Gasteiger partial charge < -0.3 is 21.5 Å². The van der Waals surface area contributed by atoms with E-state index in [4.69, 9.17) is 16.6 Å². The smallest absolute Gasteiger partial charge is 0.304 e.